The smallest absolute Gasteiger partial charge is 0.132 e. The zero-order chi connectivity index (χ0) is 37.5. The summed E-state index contributed by atoms with van der Waals surface area (Å²) < 4.78 is 9.46. The average molecular weight is 726 g/mol. The quantitative estimate of drug-likeness (QED) is 0.176. The first-order valence-electron chi connectivity index (χ1n) is 19.7. The van der Waals surface area contributed by atoms with Crippen molar-refractivity contribution < 1.29 is 4.74 Å². The van der Waals surface area contributed by atoms with Crippen molar-refractivity contribution in [1.82, 2.24) is 4.57 Å². The van der Waals surface area contributed by atoms with Gasteiger partial charge in [0.1, 0.15) is 11.5 Å². The first kappa shape index (κ1) is 31.9. The molecule has 0 radical (unpaired) electrons. The summed E-state index contributed by atoms with van der Waals surface area (Å²) in [5, 5.41) is 2.48. The van der Waals surface area contributed by atoms with Crippen molar-refractivity contribution in [2.24, 2.45) is 0 Å². The Morgan fingerprint density at radius 2 is 0.895 bits per heavy atom. The highest BCUT2D eigenvalue weighted by molar-refractivity contribution is 6.16. The van der Waals surface area contributed by atoms with Gasteiger partial charge in [0.05, 0.1) is 16.4 Å². The molecule has 0 N–H and O–H groups in total. The summed E-state index contributed by atoms with van der Waals surface area (Å²) in [6, 6.07) is 77.4. The van der Waals surface area contributed by atoms with E-state index in [4.69, 9.17) is 4.74 Å². The molecule has 1 aliphatic heterocycles. The van der Waals surface area contributed by atoms with E-state index in [2.05, 4.69) is 217 Å². The van der Waals surface area contributed by atoms with E-state index in [1.165, 1.54) is 77.4 Å². The van der Waals surface area contributed by atoms with E-state index >= 15 is 0 Å². The Morgan fingerprint density at radius 1 is 0.351 bits per heavy atom. The molecule has 2 aliphatic rings. The van der Waals surface area contributed by atoms with Crippen molar-refractivity contribution in [1.29, 1.82) is 0 Å². The van der Waals surface area contributed by atoms with Crippen LogP contribution >= 0.6 is 0 Å². The Balaban J connectivity index is 1.23. The largest absolute Gasteiger partial charge is 0.457 e. The van der Waals surface area contributed by atoms with Gasteiger partial charge in [-0.25, -0.2) is 0 Å². The van der Waals surface area contributed by atoms with E-state index in [1.54, 1.807) is 0 Å². The fourth-order valence-corrected chi connectivity index (χ4v) is 9.83. The molecule has 2 nitrogen and oxygen atoms in total. The third-order valence-corrected chi connectivity index (χ3v) is 12.3. The number of para-hydroxylation sites is 1. The first-order valence-corrected chi connectivity index (χ1v) is 19.7. The number of hydrogen-bond acceptors (Lipinski definition) is 1. The van der Waals surface area contributed by atoms with Crippen LogP contribution in [0.1, 0.15) is 22.3 Å². The molecule has 0 saturated carbocycles. The minimum atomic E-state index is -0.661. The SMILES string of the molecule is c1ccc(-c2cccc(-n3c4ccccc4c4ccc5c(c43)-c3ccccc3C53c4cc(-c5ccccc5)ccc4Oc4ccc(-c5ccccc5)cc43)c2)cc1. The molecule has 0 fully saturated rings. The molecular formula is C55H35NO. The summed E-state index contributed by atoms with van der Waals surface area (Å²) in [5.41, 5.74) is 17.3. The molecule has 266 valence electrons. The molecule has 57 heavy (non-hydrogen) atoms. The fourth-order valence-electron chi connectivity index (χ4n) is 9.83. The molecule has 1 aliphatic carbocycles. The van der Waals surface area contributed by atoms with Gasteiger partial charge in [-0.1, -0.05) is 170 Å². The van der Waals surface area contributed by atoms with Crippen molar-refractivity contribution in [3.8, 4) is 61.7 Å². The Morgan fingerprint density at radius 3 is 1.54 bits per heavy atom. The van der Waals surface area contributed by atoms with Crippen LogP contribution in [0.2, 0.25) is 0 Å². The van der Waals surface area contributed by atoms with E-state index in [9.17, 15) is 0 Å². The molecule has 10 aromatic rings. The molecule has 12 rings (SSSR count). The van der Waals surface area contributed by atoms with Gasteiger partial charge in [0.15, 0.2) is 0 Å². The van der Waals surface area contributed by atoms with Crippen LogP contribution in [0.25, 0.3) is 72.0 Å². The minimum absolute atomic E-state index is 0.661. The van der Waals surface area contributed by atoms with E-state index in [0.717, 1.165) is 28.3 Å². The molecule has 2 heterocycles. The monoisotopic (exact) mass is 725 g/mol. The van der Waals surface area contributed by atoms with Crippen LogP contribution in [0.3, 0.4) is 0 Å². The van der Waals surface area contributed by atoms with Crippen molar-refractivity contribution >= 4 is 21.8 Å². The van der Waals surface area contributed by atoms with Crippen molar-refractivity contribution in [2.75, 3.05) is 0 Å². The van der Waals surface area contributed by atoms with Gasteiger partial charge in [0.25, 0.3) is 0 Å². The van der Waals surface area contributed by atoms with E-state index in [0.29, 0.717) is 0 Å². The molecule has 9 aromatic carbocycles. The molecular weight excluding hydrogens is 691 g/mol. The number of benzene rings is 9. The van der Waals surface area contributed by atoms with Gasteiger partial charge in [0.2, 0.25) is 0 Å². The number of hydrogen-bond donors (Lipinski definition) is 0. The van der Waals surface area contributed by atoms with Crippen molar-refractivity contribution in [3.63, 3.8) is 0 Å². The van der Waals surface area contributed by atoms with Crippen LogP contribution < -0.4 is 4.74 Å². The lowest BCUT2D eigenvalue weighted by Crippen LogP contribution is -2.32. The van der Waals surface area contributed by atoms with E-state index in [-0.39, 0.29) is 0 Å². The maximum atomic E-state index is 6.95. The average Bonchev–Trinajstić information content (AvgIpc) is 3.78. The third kappa shape index (κ3) is 4.59. The highest BCUT2D eigenvalue weighted by atomic mass is 16.5. The van der Waals surface area contributed by atoms with Gasteiger partial charge in [0, 0.05) is 33.2 Å². The summed E-state index contributed by atoms with van der Waals surface area (Å²) in [6.45, 7) is 0. The molecule has 0 unspecified atom stereocenters. The molecule has 1 aromatic heterocycles. The number of nitrogens with zero attached hydrogens (tertiary/aromatic N) is 1. The molecule has 0 bridgehead atoms. The summed E-state index contributed by atoms with van der Waals surface area (Å²) in [4.78, 5) is 0. The second kappa shape index (κ2) is 12.3. The minimum Gasteiger partial charge on any atom is -0.457 e. The molecule has 0 amide bonds. The summed E-state index contributed by atoms with van der Waals surface area (Å²) in [5.74, 6) is 1.77. The predicted octanol–water partition coefficient (Wildman–Crippen LogP) is 14.3. The van der Waals surface area contributed by atoms with Crippen LogP contribution in [-0.4, -0.2) is 4.57 Å². The van der Waals surface area contributed by atoms with Gasteiger partial charge in [-0.2, -0.15) is 0 Å². The van der Waals surface area contributed by atoms with Crippen LogP contribution in [0.4, 0.5) is 0 Å². The van der Waals surface area contributed by atoms with E-state index in [1.807, 2.05) is 0 Å². The number of aromatic nitrogens is 1. The Kier molecular flexibility index (Phi) is 6.88. The number of fused-ring (bicyclic) bond motifs is 13. The standard InChI is InChI=1S/C55H35NO/c1-4-15-36(16-5-1)39-21-14-22-42(33-39)56-50-26-13-11-23-43(50)44-29-30-47-53(54(44)56)45-24-10-12-25-46(45)55(47)48-34-40(37-17-6-2-7-18-37)27-31-51(48)57-52-32-28-41(35-49(52)55)38-19-8-3-9-20-38/h1-35H. The number of ether oxygens (including phenoxy) is 1. The lowest BCUT2D eigenvalue weighted by Gasteiger charge is -2.40. The molecule has 2 heteroatoms. The van der Waals surface area contributed by atoms with Gasteiger partial charge in [-0.05, 0) is 92.5 Å². The first-order chi connectivity index (χ1) is 28.3. The summed E-state index contributed by atoms with van der Waals surface area (Å²) in [6.07, 6.45) is 0. The lowest BCUT2D eigenvalue weighted by atomic mass is 9.65. The third-order valence-electron chi connectivity index (χ3n) is 12.3. The van der Waals surface area contributed by atoms with Crippen LogP contribution in [0, 0.1) is 0 Å². The maximum absolute atomic E-state index is 6.95. The second-order valence-corrected chi connectivity index (χ2v) is 15.2. The van der Waals surface area contributed by atoms with Gasteiger partial charge in [-0.15, -0.1) is 0 Å². The molecule has 1 spiro atoms. The lowest BCUT2D eigenvalue weighted by molar-refractivity contribution is 0.436. The van der Waals surface area contributed by atoms with Crippen molar-refractivity contribution in [2.45, 2.75) is 5.41 Å². The normalized spacial score (nSPS) is 13.2. The zero-order valence-corrected chi connectivity index (χ0v) is 31.1. The Hall–Kier alpha value is -7.42. The van der Waals surface area contributed by atoms with Crippen LogP contribution in [0.5, 0.6) is 11.5 Å². The van der Waals surface area contributed by atoms with Gasteiger partial charge in [-0.3, -0.25) is 0 Å². The topological polar surface area (TPSA) is 14.2 Å². The van der Waals surface area contributed by atoms with Gasteiger partial charge >= 0.3 is 0 Å². The predicted molar refractivity (Wildman–Crippen MR) is 234 cm³/mol. The zero-order valence-electron chi connectivity index (χ0n) is 31.1. The molecule has 0 saturated heterocycles. The Bertz CT molecular complexity index is 3110. The van der Waals surface area contributed by atoms with Crippen LogP contribution in [0.15, 0.2) is 212 Å². The second-order valence-electron chi connectivity index (χ2n) is 15.2. The summed E-state index contributed by atoms with van der Waals surface area (Å²) in [7, 11) is 0. The highest BCUT2D eigenvalue weighted by Crippen LogP contribution is 2.64. The summed E-state index contributed by atoms with van der Waals surface area (Å²) >= 11 is 0. The van der Waals surface area contributed by atoms with E-state index < -0.39 is 5.41 Å². The maximum Gasteiger partial charge on any atom is 0.132 e. The Labute approximate surface area is 331 Å². The fraction of sp³-hybridized carbons (Fsp3) is 0.0182. The molecule has 0 atom stereocenters. The van der Waals surface area contributed by atoms with Crippen LogP contribution in [-0.2, 0) is 5.41 Å². The highest BCUT2D eigenvalue weighted by Gasteiger charge is 2.52. The van der Waals surface area contributed by atoms with Gasteiger partial charge < -0.3 is 9.30 Å². The van der Waals surface area contributed by atoms with Crippen molar-refractivity contribution in [3.05, 3.63) is 235 Å². The number of rotatable bonds is 4.